The fourth-order valence-corrected chi connectivity index (χ4v) is 5.43. The zero-order valence-corrected chi connectivity index (χ0v) is 18.8. The molecule has 1 aliphatic heterocycles. The predicted molar refractivity (Wildman–Crippen MR) is 120 cm³/mol. The summed E-state index contributed by atoms with van der Waals surface area (Å²) >= 11 is 0. The topological polar surface area (TPSA) is 63.7 Å². The molecule has 0 aromatic heterocycles. The average Bonchev–Trinajstić information content (AvgIpc) is 3.10. The van der Waals surface area contributed by atoms with Gasteiger partial charge in [0.05, 0.1) is 18.1 Å². The van der Waals surface area contributed by atoms with E-state index in [9.17, 15) is 13.2 Å². The monoisotopic (exact) mass is 429 g/mol. The summed E-state index contributed by atoms with van der Waals surface area (Å²) in [6.07, 6.45) is 1.36. The van der Waals surface area contributed by atoms with E-state index in [1.165, 1.54) is 5.56 Å². The lowest BCUT2D eigenvalue weighted by Crippen LogP contribution is -2.40. The largest absolute Gasteiger partial charge is 0.494 e. The minimum atomic E-state index is -3.11. The molecular weight excluding hydrogens is 398 g/mol. The molecule has 2 aromatic carbocycles. The highest BCUT2D eigenvalue weighted by Gasteiger charge is 2.35. The van der Waals surface area contributed by atoms with Crippen molar-refractivity contribution in [1.29, 1.82) is 0 Å². The van der Waals surface area contributed by atoms with Crippen LogP contribution >= 0.6 is 0 Å². The van der Waals surface area contributed by atoms with Crippen LogP contribution in [0.15, 0.2) is 48.5 Å². The third kappa shape index (κ3) is 5.63. The van der Waals surface area contributed by atoms with Gasteiger partial charge in [0.1, 0.15) is 5.75 Å². The second kappa shape index (κ2) is 9.65. The van der Waals surface area contributed by atoms with Crippen molar-refractivity contribution in [3.05, 3.63) is 65.2 Å². The summed E-state index contributed by atoms with van der Waals surface area (Å²) in [7, 11) is -3.11. The number of hydrogen-bond donors (Lipinski definition) is 0. The molecule has 162 valence electrons. The third-order valence-electron chi connectivity index (χ3n) is 5.46. The first kappa shape index (κ1) is 22.3. The quantitative estimate of drug-likeness (QED) is 0.623. The van der Waals surface area contributed by atoms with E-state index in [1.54, 1.807) is 23.1 Å². The molecule has 0 unspecified atom stereocenters. The molecule has 1 fully saturated rings. The number of sulfone groups is 1. The molecule has 30 heavy (non-hydrogen) atoms. The molecule has 0 bridgehead atoms. The zero-order chi connectivity index (χ0) is 21.7. The van der Waals surface area contributed by atoms with E-state index in [1.807, 2.05) is 25.1 Å². The Bertz CT molecular complexity index is 967. The van der Waals surface area contributed by atoms with Crippen LogP contribution in [0.25, 0.3) is 0 Å². The van der Waals surface area contributed by atoms with Crippen LogP contribution in [0.5, 0.6) is 5.75 Å². The maximum Gasteiger partial charge on any atom is 0.254 e. The van der Waals surface area contributed by atoms with Crippen LogP contribution in [-0.4, -0.2) is 43.4 Å². The standard InChI is InChI=1S/C24H31NO4S/c1-4-13-29-23-7-5-6-21(15-23)24(26)25(22-12-14-30(27,28)17-22)16-19-8-10-20(11-9-19)18(2)3/h5-11,15,18,22H,4,12-14,16-17H2,1-3H3/t22-/m1/s1. The SMILES string of the molecule is CCCOc1cccc(C(=O)N(Cc2ccc(C(C)C)cc2)[C@@H]2CCS(=O)(=O)C2)c1. The first-order valence-electron chi connectivity index (χ1n) is 10.6. The Hall–Kier alpha value is -2.34. The number of nitrogens with zero attached hydrogens (tertiary/aromatic N) is 1. The number of carbonyl (C=O) groups excluding carboxylic acids is 1. The van der Waals surface area contributed by atoms with Gasteiger partial charge < -0.3 is 9.64 Å². The number of hydrogen-bond acceptors (Lipinski definition) is 4. The van der Waals surface area contributed by atoms with E-state index < -0.39 is 9.84 Å². The van der Waals surface area contributed by atoms with Crippen molar-refractivity contribution in [2.45, 2.75) is 52.1 Å². The fourth-order valence-electron chi connectivity index (χ4n) is 3.70. The van der Waals surface area contributed by atoms with Gasteiger partial charge in [-0.05, 0) is 48.1 Å². The van der Waals surface area contributed by atoms with Gasteiger partial charge in [-0.1, -0.05) is 51.1 Å². The smallest absolute Gasteiger partial charge is 0.254 e. The average molecular weight is 430 g/mol. The van der Waals surface area contributed by atoms with Gasteiger partial charge in [-0.25, -0.2) is 8.42 Å². The summed E-state index contributed by atoms with van der Waals surface area (Å²) in [5.41, 5.74) is 2.75. The third-order valence-corrected chi connectivity index (χ3v) is 7.21. The molecule has 5 nitrogen and oxygen atoms in total. The number of ether oxygens (including phenoxy) is 1. The van der Waals surface area contributed by atoms with E-state index in [-0.39, 0.29) is 23.5 Å². The Balaban J connectivity index is 1.86. The molecular formula is C24H31NO4S. The molecule has 1 atom stereocenters. The molecule has 0 N–H and O–H groups in total. The minimum Gasteiger partial charge on any atom is -0.494 e. The predicted octanol–water partition coefficient (Wildman–Crippen LogP) is 4.43. The van der Waals surface area contributed by atoms with Crippen LogP contribution in [0.1, 0.15) is 61.0 Å². The summed E-state index contributed by atoms with van der Waals surface area (Å²) < 4.78 is 29.9. The van der Waals surface area contributed by atoms with E-state index >= 15 is 0 Å². The van der Waals surface area contributed by atoms with Crippen molar-refractivity contribution in [2.75, 3.05) is 18.1 Å². The van der Waals surface area contributed by atoms with E-state index in [0.717, 1.165) is 12.0 Å². The van der Waals surface area contributed by atoms with Gasteiger partial charge in [-0.2, -0.15) is 0 Å². The van der Waals surface area contributed by atoms with Crippen molar-refractivity contribution >= 4 is 15.7 Å². The van der Waals surface area contributed by atoms with Crippen molar-refractivity contribution in [1.82, 2.24) is 4.90 Å². The van der Waals surface area contributed by atoms with Crippen molar-refractivity contribution < 1.29 is 17.9 Å². The lowest BCUT2D eigenvalue weighted by molar-refractivity contribution is 0.0680. The van der Waals surface area contributed by atoms with Gasteiger partial charge in [0, 0.05) is 18.2 Å². The highest BCUT2D eigenvalue weighted by atomic mass is 32.2. The van der Waals surface area contributed by atoms with Gasteiger partial charge in [-0.3, -0.25) is 4.79 Å². The Morgan fingerprint density at radius 3 is 2.50 bits per heavy atom. The summed E-state index contributed by atoms with van der Waals surface area (Å²) in [6.45, 7) is 7.29. The van der Waals surface area contributed by atoms with Crippen LogP contribution in [0.3, 0.4) is 0 Å². The Kier molecular flexibility index (Phi) is 7.19. The van der Waals surface area contributed by atoms with Gasteiger partial charge in [0.25, 0.3) is 5.91 Å². The summed E-state index contributed by atoms with van der Waals surface area (Å²) in [6, 6.07) is 15.0. The van der Waals surface area contributed by atoms with Gasteiger partial charge in [-0.15, -0.1) is 0 Å². The van der Waals surface area contributed by atoms with Crippen LogP contribution < -0.4 is 4.74 Å². The molecule has 0 saturated carbocycles. The molecule has 0 radical (unpaired) electrons. The Labute approximate surface area is 180 Å². The highest BCUT2D eigenvalue weighted by Crippen LogP contribution is 2.24. The number of rotatable bonds is 8. The lowest BCUT2D eigenvalue weighted by atomic mass is 10.0. The lowest BCUT2D eigenvalue weighted by Gasteiger charge is -2.29. The first-order chi connectivity index (χ1) is 14.3. The number of benzene rings is 2. The molecule has 3 rings (SSSR count). The summed E-state index contributed by atoms with van der Waals surface area (Å²) in [4.78, 5) is 15.1. The van der Waals surface area contributed by atoms with E-state index in [4.69, 9.17) is 4.74 Å². The molecule has 2 aromatic rings. The Morgan fingerprint density at radius 1 is 1.17 bits per heavy atom. The molecule has 1 heterocycles. The highest BCUT2D eigenvalue weighted by molar-refractivity contribution is 7.91. The fraction of sp³-hybridized carbons (Fsp3) is 0.458. The first-order valence-corrected chi connectivity index (χ1v) is 12.4. The van der Waals surface area contributed by atoms with E-state index in [2.05, 4.69) is 26.0 Å². The molecule has 1 aliphatic rings. The van der Waals surface area contributed by atoms with Crippen LogP contribution in [0, 0.1) is 0 Å². The second-order valence-corrected chi connectivity index (χ2v) is 10.5. The van der Waals surface area contributed by atoms with Crippen LogP contribution in [0.4, 0.5) is 0 Å². The van der Waals surface area contributed by atoms with Crippen molar-refractivity contribution in [3.8, 4) is 5.75 Å². The molecule has 0 spiro atoms. The van der Waals surface area contributed by atoms with Gasteiger partial charge >= 0.3 is 0 Å². The molecule has 0 aliphatic carbocycles. The maximum absolute atomic E-state index is 13.4. The number of amides is 1. The minimum absolute atomic E-state index is 0.0227. The summed E-state index contributed by atoms with van der Waals surface area (Å²) in [5, 5.41) is 0. The Morgan fingerprint density at radius 2 is 1.90 bits per heavy atom. The van der Waals surface area contributed by atoms with E-state index in [0.29, 0.717) is 36.8 Å². The second-order valence-electron chi connectivity index (χ2n) is 8.26. The van der Waals surface area contributed by atoms with Crippen molar-refractivity contribution in [2.24, 2.45) is 0 Å². The summed E-state index contributed by atoms with van der Waals surface area (Å²) in [5.74, 6) is 1.08. The van der Waals surface area contributed by atoms with Crippen molar-refractivity contribution in [3.63, 3.8) is 0 Å². The van der Waals surface area contributed by atoms with Crippen LogP contribution in [-0.2, 0) is 16.4 Å². The normalized spacial score (nSPS) is 17.8. The molecule has 6 heteroatoms. The molecule has 1 amide bonds. The van der Waals surface area contributed by atoms with Gasteiger partial charge in [0.15, 0.2) is 9.84 Å². The van der Waals surface area contributed by atoms with Crippen LogP contribution in [0.2, 0.25) is 0 Å². The molecule has 1 saturated heterocycles. The number of carbonyl (C=O) groups is 1. The maximum atomic E-state index is 13.4. The zero-order valence-electron chi connectivity index (χ0n) is 18.0. The van der Waals surface area contributed by atoms with Gasteiger partial charge in [0.2, 0.25) is 0 Å².